The average Bonchev–Trinajstić information content (AvgIpc) is 2.78. The fraction of sp³-hybridized carbons (Fsp3) is 0.615. The van der Waals surface area contributed by atoms with Gasteiger partial charge in [0, 0.05) is 17.5 Å². The predicted octanol–water partition coefficient (Wildman–Crippen LogP) is 3.48. The molecule has 16 heavy (non-hydrogen) atoms. The molecule has 0 spiro atoms. The number of nitrogens with zero attached hydrogens (tertiary/aromatic N) is 1. The normalized spacial score (nSPS) is 18.6. The Labute approximate surface area is 102 Å². The Bertz CT molecular complexity index is 328. The molecule has 0 atom stereocenters. The van der Waals surface area contributed by atoms with Crippen molar-refractivity contribution < 1.29 is 0 Å². The number of hydrogen-bond donors (Lipinski definition) is 1. The summed E-state index contributed by atoms with van der Waals surface area (Å²) >= 11 is 2.01. The molecule has 1 saturated carbocycles. The predicted molar refractivity (Wildman–Crippen MR) is 72.2 cm³/mol. The van der Waals surface area contributed by atoms with Crippen LogP contribution in [0.4, 0.5) is 5.82 Å². The quantitative estimate of drug-likeness (QED) is 0.866. The summed E-state index contributed by atoms with van der Waals surface area (Å²) in [5.41, 5.74) is 1.21. The van der Waals surface area contributed by atoms with Gasteiger partial charge in [0.25, 0.3) is 0 Å². The van der Waals surface area contributed by atoms with E-state index in [9.17, 15) is 0 Å². The number of aromatic nitrogens is 1. The van der Waals surface area contributed by atoms with Crippen LogP contribution in [0.2, 0.25) is 0 Å². The van der Waals surface area contributed by atoms with Crippen LogP contribution in [0.25, 0.3) is 0 Å². The van der Waals surface area contributed by atoms with E-state index in [0.29, 0.717) is 4.75 Å². The third-order valence-electron chi connectivity index (χ3n) is 3.45. The summed E-state index contributed by atoms with van der Waals surface area (Å²) in [6.07, 6.45) is 9.59. The van der Waals surface area contributed by atoms with Crippen LogP contribution in [-0.4, -0.2) is 22.5 Å². The van der Waals surface area contributed by atoms with Gasteiger partial charge in [-0.05, 0) is 37.7 Å². The minimum Gasteiger partial charge on any atom is -0.369 e. The van der Waals surface area contributed by atoms with Crippen LogP contribution in [0.1, 0.15) is 31.2 Å². The molecule has 1 aliphatic rings. The van der Waals surface area contributed by atoms with Crippen molar-refractivity contribution in [3.05, 3.63) is 23.9 Å². The van der Waals surface area contributed by atoms with Crippen LogP contribution in [0.15, 0.2) is 18.3 Å². The first kappa shape index (κ1) is 11.8. The second-order valence-electron chi connectivity index (χ2n) is 4.67. The molecule has 0 bridgehead atoms. The molecule has 1 heterocycles. The Hall–Kier alpha value is -0.700. The van der Waals surface area contributed by atoms with Crippen molar-refractivity contribution in [1.29, 1.82) is 0 Å². The number of aryl methyl sites for hydroxylation is 1. The van der Waals surface area contributed by atoms with Crippen molar-refractivity contribution in [3.8, 4) is 0 Å². The highest BCUT2D eigenvalue weighted by atomic mass is 32.2. The SMILES string of the molecule is CSC1(CNc2ccc(C)cn2)CCCC1. The smallest absolute Gasteiger partial charge is 0.125 e. The summed E-state index contributed by atoms with van der Waals surface area (Å²) in [5.74, 6) is 1.01. The summed E-state index contributed by atoms with van der Waals surface area (Å²) in [7, 11) is 0. The Morgan fingerprint density at radius 1 is 1.38 bits per heavy atom. The van der Waals surface area contributed by atoms with Gasteiger partial charge in [-0.2, -0.15) is 11.8 Å². The van der Waals surface area contributed by atoms with Crippen molar-refractivity contribution in [1.82, 2.24) is 4.98 Å². The maximum absolute atomic E-state index is 4.38. The lowest BCUT2D eigenvalue weighted by atomic mass is 10.1. The van der Waals surface area contributed by atoms with Crippen molar-refractivity contribution >= 4 is 17.6 Å². The van der Waals surface area contributed by atoms with Gasteiger partial charge in [-0.15, -0.1) is 0 Å². The van der Waals surface area contributed by atoms with E-state index in [1.807, 2.05) is 18.0 Å². The summed E-state index contributed by atoms with van der Waals surface area (Å²) in [6, 6.07) is 4.17. The maximum atomic E-state index is 4.38. The molecule has 0 saturated heterocycles. The molecule has 0 aromatic carbocycles. The molecule has 0 amide bonds. The Kier molecular flexibility index (Phi) is 3.74. The minimum absolute atomic E-state index is 0.451. The van der Waals surface area contributed by atoms with Gasteiger partial charge in [0.05, 0.1) is 0 Å². The number of rotatable bonds is 4. The standard InChI is InChI=1S/C13H20N2S/c1-11-5-6-12(14-9-11)15-10-13(16-2)7-3-4-8-13/h5-6,9H,3-4,7-8,10H2,1-2H3,(H,14,15). The van der Waals surface area contributed by atoms with Crippen LogP contribution < -0.4 is 5.32 Å². The molecule has 1 aromatic heterocycles. The van der Waals surface area contributed by atoms with Crippen molar-refractivity contribution in [2.24, 2.45) is 0 Å². The van der Waals surface area contributed by atoms with E-state index in [1.54, 1.807) is 0 Å². The summed E-state index contributed by atoms with van der Waals surface area (Å²) in [6.45, 7) is 3.11. The molecular formula is C13H20N2S. The van der Waals surface area contributed by atoms with E-state index in [0.717, 1.165) is 12.4 Å². The zero-order valence-corrected chi connectivity index (χ0v) is 10.9. The number of nitrogens with one attached hydrogen (secondary N) is 1. The van der Waals surface area contributed by atoms with Crippen LogP contribution in [0.5, 0.6) is 0 Å². The highest BCUT2D eigenvalue weighted by Crippen LogP contribution is 2.40. The number of hydrogen-bond acceptors (Lipinski definition) is 3. The van der Waals surface area contributed by atoms with E-state index in [4.69, 9.17) is 0 Å². The molecule has 2 nitrogen and oxygen atoms in total. The van der Waals surface area contributed by atoms with E-state index in [-0.39, 0.29) is 0 Å². The molecule has 88 valence electrons. The maximum Gasteiger partial charge on any atom is 0.125 e. The summed E-state index contributed by atoms with van der Waals surface area (Å²) < 4.78 is 0.451. The van der Waals surface area contributed by atoms with Gasteiger partial charge in [-0.25, -0.2) is 4.98 Å². The first-order valence-corrected chi connectivity index (χ1v) is 7.18. The number of thioether (sulfide) groups is 1. The van der Waals surface area contributed by atoms with Crippen molar-refractivity contribution in [2.45, 2.75) is 37.4 Å². The average molecular weight is 236 g/mol. The molecule has 1 aliphatic carbocycles. The van der Waals surface area contributed by atoms with Gasteiger partial charge in [-0.1, -0.05) is 18.9 Å². The largest absolute Gasteiger partial charge is 0.369 e. The summed E-state index contributed by atoms with van der Waals surface area (Å²) in [4.78, 5) is 4.38. The highest BCUT2D eigenvalue weighted by Gasteiger charge is 2.32. The molecule has 0 unspecified atom stereocenters. The van der Waals surface area contributed by atoms with E-state index < -0.39 is 0 Å². The Balaban J connectivity index is 1.93. The van der Waals surface area contributed by atoms with Gasteiger partial charge >= 0.3 is 0 Å². The lowest BCUT2D eigenvalue weighted by Crippen LogP contribution is -2.30. The first-order valence-electron chi connectivity index (χ1n) is 5.96. The van der Waals surface area contributed by atoms with Crippen LogP contribution in [0, 0.1) is 6.92 Å². The number of anilines is 1. The van der Waals surface area contributed by atoms with Gasteiger partial charge in [-0.3, -0.25) is 0 Å². The molecule has 1 N–H and O–H groups in total. The second kappa shape index (κ2) is 5.09. The van der Waals surface area contributed by atoms with Crippen molar-refractivity contribution in [2.75, 3.05) is 18.1 Å². The third kappa shape index (κ3) is 2.70. The molecule has 2 rings (SSSR count). The van der Waals surface area contributed by atoms with E-state index in [1.165, 1.54) is 31.2 Å². The summed E-state index contributed by atoms with van der Waals surface area (Å²) in [5, 5.41) is 3.47. The second-order valence-corrected chi connectivity index (χ2v) is 5.94. The Morgan fingerprint density at radius 3 is 2.69 bits per heavy atom. The fourth-order valence-electron chi connectivity index (χ4n) is 2.30. The monoisotopic (exact) mass is 236 g/mol. The van der Waals surface area contributed by atoms with Crippen molar-refractivity contribution in [3.63, 3.8) is 0 Å². The zero-order valence-electron chi connectivity index (χ0n) is 10.1. The number of pyridine rings is 1. The molecule has 1 aromatic rings. The van der Waals surface area contributed by atoms with Crippen LogP contribution >= 0.6 is 11.8 Å². The molecule has 3 heteroatoms. The first-order chi connectivity index (χ1) is 7.74. The van der Waals surface area contributed by atoms with Gasteiger partial charge < -0.3 is 5.32 Å². The highest BCUT2D eigenvalue weighted by molar-refractivity contribution is 8.00. The molecule has 0 aliphatic heterocycles. The van der Waals surface area contributed by atoms with Gasteiger partial charge in [0.1, 0.15) is 5.82 Å². The Morgan fingerprint density at radius 2 is 2.12 bits per heavy atom. The van der Waals surface area contributed by atoms with E-state index in [2.05, 4.69) is 35.6 Å². The zero-order chi connectivity index (χ0) is 11.4. The van der Waals surface area contributed by atoms with E-state index >= 15 is 0 Å². The molecule has 0 radical (unpaired) electrons. The lowest BCUT2D eigenvalue weighted by molar-refractivity contribution is 0.638. The molecular weight excluding hydrogens is 216 g/mol. The van der Waals surface area contributed by atoms with Gasteiger partial charge in [0.2, 0.25) is 0 Å². The van der Waals surface area contributed by atoms with Gasteiger partial charge in [0.15, 0.2) is 0 Å². The van der Waals surface area contributed by atoms with Crippen LogP contribution in [-0.2, 0) is 0 Å². The van der Waals surface area contributed by atoms with Crippen LogP contribution in [0.3, 0.4) is 0 Å². The lowest BCUT2D eigenvalue weighted by Gasteiger charge is -2.27. The minimum atomic E-state index is 0.451. The third-order valence-corrected chi connectivity index (χ3v) is 4.87. The topological polar surface area (TPSA) is 24.9 Å². The molecule has 1 fully saturated rings. The fourth-order valence-corrected chi connectivity index (χ4v) is 3.21.